The number of rotatable bonds is 2. The van der Waals surface area contributed by atoms with Crippen LogP contribution in [0.2, 0.25) is 0 Å². The van der Waals surface area contributed by atoms with E-state index in [-0.39, 0.29) is 14.5 Å². The highest BCUT2D eigenvalue weighted by atomic mass is 15.1. The third-order valence-corrected chi connectivity index (χ3v) is 2.50. The zero-order chi connectivity index (χ0) is 10.7. The molecule has 0 N–H and O–H groups in total. The summed E-state index contributed by atoms with van der Waals surface area (Å²) in [6.07, 6.45) is 0. The van der Waals surface area contributed by atoms with Crippen molar-refractivity contribution in [3.8, 4) is 0 Å². The van der Waals surface area contributed by atoms with Gasteiger partial charge in [0.1, 0.15) is 0 Å². The second-order valence-electron chi connectivity index (χ2n) is 3.45. The van der Waals surface area contributed by atoms with Crippen LogP contribution in [0.5, 0.6) is 0 Å². The molecule has 2 rings (SSSR count). The number of fused-ring (bicyclic) bond motifs is 1. The van der Waals surface area contributed by atoms with Crippen molar-refractivity contribution in [1.29, 1.82) is 0 Å². The zero-order valence-electron chi connectivity index (χ0n) is 9.04. The van der Waals surface area contributed by atoms with Gasteiger partial charge in [-0.1, -0.05) is 54.5 Å². The topological polar surface area (TPSA) is 48.8 Å². The maximum atomic E-state index is 8.43. The Morgan fingerprint density at radius 2 is 1.81 bits per heavy atom. The molecular formula is C12H11BN3. The molecule has 1 atom stereocenters. The molecule has 0 spiro atoms. The van der Waals surface area contributed by atoms with Crippen molar-refractivity contribution in [2.45, 2.75) is 13.0 Å². The summed E-state index contributed by atoms with van der Waals surface area (Å²) in [5, 5.41) is 6.05. The standard InChI is InChI=1S/C12H11N3.B/c1-9(14-15-13)11-8-4-6-10-5-2-3-7-12(10)11;/h2-9H,1H3;/t9-;/m0./s1. The molecule has 0 saturated heterocycles. The van der Waals surface area contributed by atoms with Crippen LogP contribution in [0.25, 0.3) is 21.2 Å². The van der Waals surface area contributed by atoms with Crippen LogP contribution in [-0.2, 0) is 0 Å². The van der Waals surface area contributed by atoms with E-state index in [2.05, 4.69) is 22.2 Å². The van der Waals surface area contributed by atoms with Crippen molar-refractivity contribution in [1.82, 2.24) is 0 Å². The molecule has 0 fully saturated rings. The molecule has 0 aromatic heterocycles. The van der Waals surface area contributed by atoms with Gasteiger partial charge in [0.25, 0.3) is 0 Å². The van der Waals surface area contributed by atoms with Gasteiger partial charge in [-0.25, -0.2) is 0 Å². The van der Waals surface area contributed by atoms with E-state index in [4.69, 9.17) is 5.53 Å². The Kier molecular flexibility index (Phi) is 3.98. The van der Waals surface area contributed by atoms with Gasteiger partial charge in [-0.05, 0) is 21.9 Å². The lowest BCUT2D eigenvalue weighted by atomic mass is 10.0. The molecule has 77 valence electrons. The van der Waals surface area contributed by atoms with Crippen LogP contribution in [0.15, 0.2) is 47.6 Å². The molecule has 0 aliphatic heterocycles. The van der Waals surface area contributed by atoms with Gasteiger partial charge in [0.15, 0.2) is 0 Å². The average Bonchev–Trinajstić information content (AvgIpc) is 2.28. The lowest BCUT2D eigenvalue weighted by Gasteiger charge is -2.08. The first-order valence-corrected chi connectivity index (χ1v) is 4.85. The maximum Gasteiger partial charge on any atom is 0.0603 e. The SMILES string of the molecule is C[C@H](N=[N+]=[N-])c1cccc2ccccc12.[B]. The van der Waals surface area contributed by atoms with Gasteiger partial charge < -0.3 is 0 Å². The Bertz CT molecular complexity index is 527. The van der Waals surface area contributed by atoms with Gasteiger partial charge >= 0.3 is 0 Å². The predicted octanol–water partition coefficient (Wildman–Crippen LogP) is 3.83. The van der Waals surface area contributed by atoms with E-state index in [0.717, 1.165) is 10.9 Å². The number of hydrogen-bond donors (Lipinski definition) is 0. The number of hydrogen-bond acceptors (Lipinski definition) is 1. The average molecular weight is 208 g/mol. The molecule has 4 heteroatoms. The summed E-state index contributed by atoms with van der Waals surface area (Å²) in [5.41, 5.74) is 9.50. The predicted molar refractivity (Wildman–Crippen MR) is 67.3 cm³/mol. The fourth-order valence-corrected chi connectivity index (χ4v) is 1.75. The first-order chi connectivity index (χ1) is 7.33. The molecule has 0 amide bonds. The third kappa shape index (κ3) is 2.18. The summed E-state index contributed by atoms with van der Waals surface area (Å²) in [7, 11) is 0. The summed E-state index contributed by atoms with van der Waals surface area (Å²) < 4.78 is 0. The molecule has 0 saturated carbocycles. The van der Waals surface area contributed by atoms with Crippen molar-refractivity contribution < 1.29 is 0 Å². The number of nitrogens with zero attached hydrogens (tertiary/aromatic N) is 3. The van der Waals surface area contributed by atoms with E-state index in [0.29, 0.717) is 0 Å². The summed E-state index contributed by atoms with van der Waals surface area (Å²) in [4.78, 5) is 2.84. The minimum Gasteiger partial charge on any atom is -0.0862 e. The molecule has 0 bridgehead atoms. The molecule has 0 unspecified atom stereocenters. The maximum absolute atomic E-state index is 8.43. The summed E-state index contributed by atoms with van der Waals surface area (Å²) in [5.74, 6) is 0. The van der Waals surface area contributed by atoms with Crippen molar-refractivity contribution >= 4 is 19.2 Å². The van der Waals surface area contributed by atoms with Crippen molar-refractivity contribution in [2.75, 3.05) is 0 Å². The van der Waals surface area contributed by atoms with Crippen LogP contribution in [0, 0.1) is 0 Å². The Labute approximate surface area is 96.3 Å². The van der Waals surface area contributed by atoms with Crippen LogP contribution >= 0.6 is 0 Å². The molecule has 0 heterocycles. The van der Waals surface area contributed by atoms with Crippen LogP contribution in [-0.4, -0.2) is 8.41 Å². The lowest BCUT2D eigenvalue weighted by molar-refractivity contribution is 0.816. The van der Waals surface area contributed by atoms with Crippen molar-refractivity contribution in [2.24, 2.45) is 5.11 Å². The van der Waals surface area contributed by atoms with Gasteiger partial charge in [0, 0.05) is 13.3 Å². The Morgan fingerprint density at radius 1 is 1.12 bits per heavy atom. The molecule has 3 nitrogen and oxygen atoms in total. The minimum absolute atomic E-state index is 0. The van der Waals surface area contributed by atoms with E-state index in [9.17, 15) is 0 Å². The quantitative estimate of drug-likeness (QED) is 0.311. The van der Waals surface area contributed by atoms with Gasteiger partial charge in [0.05, 0.1) is 6.04 Å². The second-order valence-corrected chi connectivity index (χ2v) is 3.45. The van der Waals surface area contributed by atoms with Crippen molar-refractivity contribution in [3.63, 3.8) is 0 Å². The summed E-state index contributed by atoms with van der Waals surface area (Å²) in [6.45, 7) is 1.90. The van der Waals surface area contributed by atoms with Gasteiger partial charge in [-0.15, -0.1) is 0 Å². The minimum atomic E-state index is -0.124. The van der Waals surface area contributed by atoms with Gasteiger partial charge in [-0.3, -0.25) is 0 Å². The van der Waals surface area contributed by atoms with Crippen LogP contribution in [0.1, 0.15) is 18.5 Å². The number of benzene rings is 2. The first-order valence-electron chi connectivity index (χ1n) is 4.85. The monoisotopic (exact) mass is 208 g/mol. The van der Waals surface area contributed by atoms with E-state index in [1.54, 1.807) is 0 Å². The first kappa shape index (κ1) is 12.1. The highest BCUT2D eigenvalue weighted by molar-refractivity contribution is 5.86. The molecule has 3 radical (unpaired) electrons. The largest absolute Gasteiger partial charge is 0.0862 e. The Balaban J connectivity index is 0.00000128. The Morgan fingerprint density at radius 3 is 2.56 bits per heavy atom. The molecule has 2 aromatic carbocycles. The van der Waals surface area contributed by atoms with Gasteiger partial charge in [-0.2, -0.15) is 0 Å². The lowest BCUT2D eigenvalue weighted by Crippen LogP contribution is -1.89. The second kappa shape index (κ2) is 5.24. The van der Waals surface area contributed by atoms with Crippen molar-refractivity contribution in [3.05, 3.63) is 58.5 Å². The highest BCUT2D eigenvalue weighted by Crippen LogP contribution is 2.26. The van der Waals surface area contributed by atoms with E-state index in [1.807, 2.05) is 37.3 Å². The number of azide groups is 1. The van der Waals surface area contributed by atoms with Crippen LogP contribution in [0.4, 0.5) is 0 Å². The normalized spacial score (nSPS) is 11.3. The van der Waals surface area contributed by atoms with Crippen LogP contribution in [0.3, 0.4) is 0 Å². The molecule has 2 aromatic rings. The van der Waals surface area contributed by atoms with E-state index < -0.39 is 0 Å². The molecule has 16 heavy (non-hydrogen) atoms. The summed E-state index contributed by atoms with van der Waals surface area (Å²) >= 11 is 0. The summed E-state index contributed by atoms with van der Waals surface area (Å²) in [6, 6.07) is 14.0. The molecule has 0 aliphatic rings. The van der Waals surface area contributed by atoms with E-state index in [1.165, 1.54) is 5.39 Å². The van der Waals surface area contributed by atoms with E-state index >= 15 is 0 Å². The van der Waals surface area contributed by atoms with Gasteiger partial charge in [0.2, 0.25) is 0 Å². The van der Waals surface area contributed by atoms with Crippen LogP contribution < -0.4 is 0 Å². The Hall–Kier alpha value is -1.93. The smallest absolute Gasteiger partial charge is 0.0603 e. The third-order valence-electron chi connectivity index (χ3n) is 2.50. The zero-order valence-corrected chi connectivity index (χ0v) is 9.04. The fourth-order valence-electron chi connectivity index (χ4n) is 1.75. The highest BCUT2D eigenvalue weighted by Gasteiger charge is 2.06. The molecule has 0 aliphatic carbocycles. The fraction of sp³-hybridized carbons (Fsp3) is 0.167. The molecular weight excluding hydrogens is 197 g/mol.